The standard InChI is InChI=1S/C14H13FN2O3/c1-9-5-6-10(8-16)7-13(9)20-14-11(15)3-2-4-12(14)17(18)19/h2-7H,8,16H2,1H3. The number of halogens is 1. The van der Waals surface area contributed by atoms with Gasteiger partial charge in [0, 0.05) is 12.6 Å². The maximum atomic E-state index is 13.8. The van der Waals surface area contributed by atoms with Crippen molar-refractivity contribution >= 4 is 5.69 Å². The minimum Gasteiger partial charge on any atom is -0.447 e. The second-order valence-corrected chi connectivity index (χ2v) is 4.25. The molecule has 0 radical (unpaired) electrons. The Hall–Kier alpha value is -2.47. The van der Waals surface area contributed by atoms with Crippen LogP contribution in [0.5, 0.6) is 11.5 Å². The Morgan fingerprint density at radius 2 is 2.10 bits per heavy atom. The van der Waals surface area contributed by atoms with Crippen molar-refractivity contribution in [1.82, 2.24) is 0 Å². The van der Waals surface area contributed by atoms with Gasteiger partial charge in [-0.2, -0.15) is 0 Å². The normalized spacial score (nSPS) is 10.3. The topological polar surface area (TPSA) is 78.4 Å². The lowest BCUT2D eigenvalue weighted by atomic mass is 10.1. The van der Waals surface area contributed by atoms with Gasteiger partial charge >= 0.3 is 5.69 Å². The molecule has 0 spiro atoms. The lowest BCUT2D eigenvalue weighted by molar-refractivity contribution is -0.385. The summed E-state index contributed by atoms with van der Waals surface area (Å²) in [6, 6.07) is 8.81. The van der Waals surface area contributed by atoms with E-state index in [0.29, 0.717) is 12.3 Å². The highest BCUT2D eigenvalue weighted by Crippen LogP contribution is 2.35. The van der Waals surface area contributed by atoms with E-state index in [1.165, 1.54) is 12.1 Å². The zero-order valence-electron chi connectivity index (χ0n) is 10.8. The third-order valence-electron chi connectivity index (χ3n) is 2.84. The van der Waals surface area contributed by atoms with Crippen LogP contribution < -0.4 is 10.5 Å². The van der Waals surface area contributed by atoms with Crippen LogP contribution in [0, 0.1) is 22.9 Å². The second kappa shape index (κ2) is 5.66. The van der Waals surface area contributed by atoms with E-state index in [0.717, 1.165) is 17.2 Å². The molecule has 0 heterocycles. The second-order valence-electron chi connectivity index (χ2n) is 4.25. The van der Waals surface area contributed by atoms with E-state index in [2.05, 4.69) is 0 Å². The van der Waals surface area contributed by atoms with E-state index >= 15 is 0 Å². The highest BCUT2D eigenvalue weighted by molar-refractivity contribution is 5.50. The molecule has 2 aromatic carbocycles. The molecule has 0 atom stereocenters. The van der Waals surface area contributed by atoms with Crippen LogP contribution in [-0.4, -0.2) is 4.92 Å². The Morgan fingerprint density at radius 1 is 1.35 bits per heavy atom. The summed E-state index contributed by atoms with van der Waals surface area (Å²) in [5.74, 6) is -0.826. The van der Waals surface area contributed by atoms with Crippen LogP contribution in [-0.2, 0) is 6.54 Å². The van der Waals surface area contributed by atoms with Gasteiger partial charge in [0.25, 0.3) is 0 Å². The van der Waals surface area contributed by atoms with E-state index in [-0.39, 0.29) is 0 Å². The molecular weight excluding hydrogens is 263 g/mol. The molecule has 0 aliphatic carbocycles. The summed E-state index contributed by atoms with van der Waals surface area (Å²) in [5, 5.41) is 10.9. The number of nitrogens with zero attached hydrogens (tertiary/aromatic N) is 1. The predicted molar refractivity (Wildman–Crippen MR) is 72.2 cm³/mol. The number of hydrogen-bond acceptors (Lipinski definition) is 4. The molecule has 0 saturated heterocycles. The number of nitro groups is 1. The van der Waals surface area contributed by atoms with Gasteiger partial charge in [-0.3, -0.25) is 10.1 Å². The Balaban J connectivity index is 2.47. The molecule has 2 rings (SSSR count). The van der Waals surface area contributed by atoms with E-state index in [4.69, 9.17) is 10.5 Å². The van der Waals surface area contributed by atoms with Crippen LogP contribution >= 0.6 is 0 Å². The minimum absolute atomic E-state index is 0.302. The molecule has 6 heteroatoms. The van der Waals surface area contributed by atoms with E-state index in [1.807, 2.05) is 6.07 Å². The molecule has 5 nitrogen and oxygen atoms in total. The Morgan fingerprint density at radius 3 is 2.75 bits per heavy atom. The van der Waals surface area contributed by atoms with Crippen LogP contribution in [0.15, 0.2) is 36.4 Å². The molecule has 2 N–H and O–H groups in total. The first-order chi connectivity index (χ1) is 9.52. The van der Waals surface area contributed by atoms with Crippen LogP contribution in [0.1, 0.15) is 11.1 Å². The number of benzene rings is 2. The number of hydrogen-bond donors (Lipinski definition) is 1. The quantitative estimate of drug-likeness (QED) is 0.686. The third kappa shape index (κ3) is 2.75. The summed E-state index contributed by atoms with van der Waals surface area (Å²) in [4.78, 5) is 10.2. The highest BCUT2D eigenvalue weighted by atomic mass is 19.1. The van der Waals surface area contributed by atoms with Crippen molar-refractivity contribution in [2.45, 2.75) is 13.5 Å². The average Bonchev–Trinajstić information content (AvgIpc) is 2.43. The molecule has 2 aromatic rings. The average molecular weight is 276 g/mol. The van der Waals surface area contributed by atoms with Crippen molar-refractivity contribution in [3.8, 4) is 11.5 Å². The zero-order valence-corrected chi connectivity index (χ0v) is 10.8. The molecule has 104 valence electrons. The third-order valence-corrected chi connectivity index (χ3v) is 2.84. The summed E-state index contributed by atoms with van der Waals surface area (Å²) < 4.78 is 19.2. The summed E-state index contributed by atoms with van der Waals surface area (Å²) in [6.45, 7) is 2.07. The maximum Gasteiger partial charge on any atom is 0.314 e. The maximum absolute atomic E-state index is 13.8. The molecule has 0 unspecified atom stereocenters. The van der Waals surface area contributed by atoms with Crippen molar-refractivity contribution in [1.29, 1.82) is 0 Å². The molecule has 0 aliphatic rings. The molecule has 0 saturated carbocycles. The van der Waals surface area contributed by atoms with Gasteiger partial charge in [0.1, 0.15) is 5.75 Å². The number of nitrogens with two attached hydrogens (primary N) is 1. The lowest BCUT2D eigenvalue weighted by Crippen LogP contribution is -2.00. The number of aryl methyl sites for hydroxylation is 1. The van der Waals surface area contributed by atoms with Gasteiger partial charge < -0.3 is 10.5 Å². The zero-order chi connectivity index (χ0) is 14.7. The van der Waals surface area contributed by atoms with Crippen molar-refractivity contribution in [2.75, 3.05) is 0 Å². The molecule has 0 aliphatic heterocycles. The number of nitro benzene ring substituents is 1. The Labute approximate surface area is 114 Å². The van der Waals surface area contributed by atoms with Gasteiger partial charge in [0.2, 0.25) is 5.75 Å². The van der Waals surface area contributed by atoms with Crippen LogP contribution in [0.3, 0.4) is 0 Å². The smallest absolute Gasteiger partial charge is 0.314 e. The summed E-state index contributed by atoms with van der Waals surface area (Å²) >= 11 is 0. The van der Waals surface area contributed by atoms with Gasteiger partial charge in [0.05, 0.1) is 4.92 Å². The van der Waals surface area contributed by atoms with E-state index in [9.17, 15) is 14.5 Å². The SMILES string of the molecule is Cc1ccc(CN)cc1Oc1c(F)cccc1[N+](=O)[O-]. The Bertz CT molecular complexity index is 659. The van der Waals surface area contributed by atoms with E-state index in [1.54, 1.807) is 19.1 Å². The minimum atomic E-state index is -0.781. The van der Waals surface area contributed by atoms with Crippen molar-refractivity contribution in [3.63, 3.8) is 0 Å². The summed E-state index contributed by atoms with van der Waals surface area (Å²) in [6.07, 6.45) is 0. The monoisotopic (exact) mass is 276 g/mol. The van der Waals surface area contributed by atoms with Crippen LogP contribution in [0.2, 0.25) is 0 Å². The first kappa shape index (κ1) is 14.0. The van der Waals surface area contributed by atoms with Crippen molar-refractivity contribution in [2.24, 2.45) is 5.73 Å². The van der Waals surface area contributed by atoms with Crippen LogP contribution in [0.4, 0.5) is 10.1 Å². The number of para-hydroxylation sites is 1. The highest BCUT2D eigenvalue weighted by Gasteiger charge is 2.20. The fourth-order valence-corrected chi connectivity index (χ4v) is 1.73. The lowest BCUT2D eigenvalue weighted by Gasteiger charge is -2.11. The number of ether oxygens (including phenoxy) is 1. The molecule has 0 fully saturated rings. The van der Waals surface area contributed by atoms with Crippen LogP contribution in [0.25, 0.3) is 0 Å². The fraction of sp³-hybridized carbons (Fsp3) is 0.143. The van der Waals surface area contributed by atoms with Crippen molar-refractivity contribution < 1.29 is 14.1 Å². The first-order valence-corrected chi connectivity index (χ1v) is 5.93. The molecular formula is C14H13FN2O3. The molecule has 20 heavy (non-hydrogen) atoms. The van der Waals surface area contributed by atoms with Gasteiger partial charge in [-0.25, -0.2) is 4.39 Å². The first-order valence-electron chi connectivity index (χ1n) is 5.93. The van der Waals surface area contributed by atoms with Gasteiger partial charge in [0.15, 0.2) is 5.82 Å². The van der Waals surface area contributed by atoms with E-state index < -0.39 is 22.2 Å². The molecule has 0 aromatic heterocycles. The predicted octanol–water partition coefficient (Wildman–Crippen LogP) is 3.29. The van der Waals surface area contributed by atoms with Gasteiger partial charge in [-0.05, 0) is 30.2 Å². The van der Waals surface area contributed by atoms with Gasteiger partial charge in [-0.1, -0.05) is 18.2 Å². The van der Waals surface area contributed by atoms with Gasteiger partial charge in [-0.15, -0.1) is 0 Å². The Kier molecular flexibility index (Phi) is 3.95. The molecule has 0 bridgehead atoms. The summed E-state index contributed by atoms with van der Waals surface area (Å²) in [5.41, 5.74) is 6.65. The fourth-order valence-electron chi connectivity index (χ4n) is 1.73. The molecule has 0 amide bonds. The number of rotatable bonds is 4. The summed E-state index contributed by atoms with van der Waals surface area (Å²) in [7, 11) is 0. The largest absolute Gasteiger partial charge is 0.447 e. The van der Waals surface area contributed by atoms with Crippen molar-refractivity contribution in [3.05, 3.63) is 63.5 Å².